The van der Waals surface area contributed by atoms with Gasteiger partial charge in [-0.15, -0.1) is 11.8 Å². The van der Waals surface area contributed by atoms with Crippen LogP contribution in [0, 0.1) is 19.7 Å². The van der Waals surface area contributed by atoms with Gasteiger partial charge in [-0.25, -0.2) is 9.18 Å². The van der Waals surface area contributed by atoms with E-state index in [9.17, 15) is 14.0 Å². The number of urea groups is 1. The van der Waals surface area contributed by atoms with Crippen LogP contribution in [0.15, 0.2) is 42.5 Å². The highest BCUT2D eigenvalue weighted by Crippen LogP contribution is 2.44. The number of likely N-dealkylation sites (tertiary alicyclic amines) is 1. The maximum absolute atomic E-state index is 13.2. The average molecular weight is 428 g/mol. The summed E-state index contributed by atoms with van der Waals surface area (Å²) in [6.45, 7) is 5.94. The Kier molecular flexibility index (Phi) is 5.73. The Morgan fingerprint density at radius 3 is 2.37 bits per heavy atom. The molecule has 3 amide bonds. The molecule has 2 aromatic carbocycles. The Morgan fingerprint density at radius 2 is 1.70 bits per heavy atom. The number of nitrogens with one attached hydrogen (secondary N) is 1. The van der Waals surface area contributed by atoms with Crippen molar-refractivity contribution in [1.82, 2.24) is 9.80 Å². The molecule has 0 atom stereocenters. The van der Waals surface area contributed by atoms with Gasteiger partial charge >= 0.3 is 6.03 Å². The summed E-state index contributed by atoms with van der Waals surface area (Å²) < 4.78 is 13.2. The Labute approximate surface area is 180 Å². The lowest BCUT2D eigenvalue weighted by molar-refractivity contribution is 0.0585. The molecule has 2 saturated heterocycles. The zero-order chi connectivity index (χ0) is 21.3. The van der Waals surface area contributed by atoms with Crippen molar-refractivity contribution >= 4 is 29.4 Å². The number of thioether (sulfide) groups is 1. The second-order valence-corrected chi connectivity index (χ2v) is 9.43. The lowest BCUT2D eigenvalue weighted by atomic mass is 10.0. The second kappa shape index (κ2) is 8.30. The van der Waals surface area contributed by atoms with E-state index in [-0.39, 0.29) is 22.6 Å². The molecule has 4 rings (SSSR count). The van der Waals surface area contributed by atoms with Crippen molar-refractivity contribution in [2.24, 2.45) is 0 Å². The monoisotopic (exact) mass is 427 g/mol. The SMILES string of the molecule is Cc1ccc(NC(=O)N2CCC3(CC2)SCCN3C(=O)c2ccc(F)cc2)cc1C. The molecule has 5 nitrogen and oxygen atoms in total. The number of hydrogen-bond acceptors (Lipinski definition) is 3. The molecule has 2 aliphatic heterocycles. The number of amides is 3. The summed E-state index contributed by atoms with van der Waals surface area (Å²) in [7, 11) is 0. The molecule has 2 aromatic rings. The van der Waals surface area contributed by atoms with E-state index in [0.29, 0.717) is 25.2 Å². The van der Waals surface area contributed by atoms with Gasteiger partial charge in [0.05, 0.1) is 4.87 Å². The van der Waals surface area contributed by atoms with Gasteiger partial charge < -0.3 is 15.1 Å². The predicted molar refractivity (Wildman–Crippen MR) is 118 cm³/mol. The zero-order valence-electron chi connectivity index (χ0n) is 17.3. The number of piperidine rings is 1. The van der Waals surface area contributed by atoms with Gasteiger partial charge in [-0.2, -0.15) is 0 Å². The summed E-state index contributed by atoms with van der Waals surface area (Å²) in [5, 5.41) is 2.99. The molecule has 0 saturated carbocycles. The summed E-state index contributed by atoms with van der Waals surface area (Å²) >= 11 is 1.79. The number of nitrogens with zero attached hydrogens (tertiary/aromatic N) is 2. The van der Waals surface area contributed by atoms with E-state index >= 15 is 0 Å². The third-order valence-electron chi connectivity index (χ3n) is 6.10. The van der Waals surface area contributed by atoms with Gasteiger partial charge in [0.2, 0.25) is 0 Å². The molecule has 158 valence electrons. The van der Waals surface area contributed by atoms with E-state index in [1.807, 2.05) is 41.8 Å². The molecule has 2 fully saturated rings. The van der Waals surface area contributed by atoms with Crippen molar-refractivity contribution in [3.05, 3.63) is 65.0 Å². The first kappa shape index (κ1) is 20.7. The molecule has 2 heterocycles. The van der Waals surface area contributed by atoms with Crippen molar-refractivity contribution in [3.63, 3.8) is 0 Å². The lowest BCUT2D eigenvalue weighted by Gasteiger charge is -2.44. The third-order valence-corrected chi connectivity index (χ3v) is 7.66. The second-order valence-electron chi connectivity index (χ2n) is 7.97. The third kappa shape index (κ3) is 4.03. The molecule has 0 unspecified atom stereocenters. The van der Waals surface area contributed by atoms with Gasteiger partial charge in [-0.3, -0.25) is 4.79 Å². The first-order valence-corrected chi connectivity index (χ1v) is 11.2. The van der Waals surface area contributed by atoms with Gasteiger partial charge in [0.15, 0.2) is 0 Å². The predicted octanol–water partition coefficient (Wildman–Crippen LogP) is 4.66. The molecule has 1 N–H and O–H groups in total. The van der Waals surface area contributed by atoms with Gasteiger partial charge in [-0.05, 0) is 74.2 Å². The van der Waals surface area contributed by atoms with Crippen molar-refractivity contribution in [3.8, 4) is 0 Å². The van der Waals surface area contributed by atoms with E-state index in [2.05, 4.69) is 5.32 Å². The van der Waals surface area contributed by atoms with Crippen LogP contribution in [0.25, 0.3) is 0 Å². The van der Waals surface area contributed by atoms with Gasteiger partial charge in [-0.1, -0.05) is 6.07 Å². The maximum Gasteiger partial charge on any atom is 0.321 e. The van der Waals surface area contributed by atoms with Crippen LogP contribution in [0.4, 0.5) is 14.9 Å². The van der Waals surface area contributed by atoms with E-state index in [4.69, 9.17) is 0 Å². The molecule has 0 bridgehead atoms. The summed E-state index contributed by atoms with van der Waals surface area (Å²) in [5.41, 5.74) is 3.64. The molecule has 0 aromatic heterocycles. The number of benzene rings is 2. The molecule has 2 aliphatic rings. The highest BCUT2D eigenvalue weighted by molar-refractivity contribution is 8.00. The van der Waals surface area contributed by atoms with Crippen molar-refractivity contribution in [2.45, 2.75) is 31.6 Å². The van der Waals surface area contributed by atoms with Crippen LogP contribution in [-0.4, -0.2) is 52.0 Å². The molecule has 7 heteroatoms. The van der Waals surface area contributed by atoms with E-state index < -0.39 is 0 Å². The number of carbonyl (C=O) groups is 2. The van der Waals surface area contributed by atoms with Gasteiger partial charge in [0.25, 0.3) is 5.91 Å². The Balaban J connectivity index is 1.40. The average Bonchev–Trinajstić information content (AvgIpc) is 3.14. The molecule has 0 aliphatic carbocycles. The maximum atomic E-state index is 13.2. The number of anilines is 1. The van der Waals surface area contributed by atoms with Crippen LogP contribution >= 0.6 is 11.8 Å². The van der Waals surface area contributed by atoms with E-state index in [0.717, 1.165) is 29.8 Å². The minimum absolute atomic E-state index is 0.0620. The Bertz CT molecular complexity index is 955. The van der Waals surface area contributed by atoms with Crippen molar-refractivity contribution < 1.29 is 14.0 Å². The molecule has 0 radical (unpaired) electrons. The number of aryl methyl sites for hydroxylation is 2. The summed E-state index contributed by atoms with van der Waals surface area (Å²) in [4.78, 5) is 29.2. The first-order chi connectivity index (χ1) is 14.4. The van der Waals surface area contributed by atoms with Crippen LogP contribution < -0.4 is 5.32 Å². The first-order valence-electron chi connectivity index (χ1n) is 10.2. The molecular formula is C23H26FN3O2S. The smallest absolute Gasteiger partial charge is 0.321 e. The van der Waals surface area contributed by atoms with E-state index in [1.54, 1.807) is 23.9 Å². The Hall–Kier alpha value is -2.54. The minimum atomic E-state index is -0.347. The largest absolute Gasteiger partial charge is 0.324 e. The standard InChI is InChI=1S/C23H26FN3O2S/c1-16-3-8-20(15-17(16)2)25-22(29)26-11-9-23(10-12-26)27(13-14-30-23)21(28)18-4-6-19(24)7-5-18/h3-8,15H,9-14H2,1-2H3,(H,25,29). The fraction of sp³-hybridized carbons (Fsp3) is 0.391. The highest BCUT2D eigenvalue weighted by Gasteiger charge is 2.47. The van der Waals surface area contributed by atoms with Crippen LogP contribution in [0.1, 0.15) is 34.3 Å². The van der Waals surface area contributed by atoms with Gasteiger partial charge in [0, 0.05) is 36.6 Å². The van der Waals surface area contributed by atoms with Gasteiger partial charge in [0.1, 0.15) is 5.82 Å². The summed E-state index contributed by atoms with van der Waals surface area (Å²) in [5.74, 6) is 0.468. The summed E-state index contributed by atoms with van der Waals surface area (Å²) in [6.07, 6.45) is 1.45. The summed E-state index contributed by atoms with van der Waals surface area (Å²) in [6, 6.07) is 11.5. The fourth-order valence-electron chi connectivity index (χ4n) is 4.14. The van der Waals surface area contributed by atoms with Crippen LogP contribution in [0.3, 0.4) is 0 Å². The highest BCUT2D eigenvalue weighted by atomic mass is 32.2. The minimum Gasteiger partial charge on any atom is -0.324 e. The molecule has 1 spiro atoms. The normalized spacial score (nSPS) is 18.0. The quantitative estimate of drug-likeness (QED) is 0.759. The number of rotatable bonds is 2. The van der Waals surface area contributed by atoms with Crippen molar-refractivity contribution in [2.75, 3.05) is 30.7 Å². The van der Waals surface area contributed by atoms with Crippen LogP contribution in [0.2, 0.25) is 0 Å². The number of hydrogen-bond donors (Lipinski definition) is 1. The topological polar surface area (TPSA) is 52.7 Å². The van der Waals surface area contributed by atoms with E-state index in [1.165, 1.54) is 17.7 Å². The zero-order valence-corrected chi connectivity index (χ0v) is 18.1. The van der Waals surface area contributed by atoms with Crippen molar-refractivity contribution in [1.29, 1.82) is 0 Å². The number of halogens is 1. The Morgan fingerprint density at radius 1 is 1.00 bits per heavy atom. The fourth-order valence-corrected chi connectivity index (χ4v) is 5.59. The lowest BCUT2D eigenvalue weighted by Crippen LogP contribution is -2.54. The number of carbonyl (C=O) groups excluding carboxylic acids is 2. The molecular weight excluding hydrogens is 401 g/mol. The molecule has 30 heavy (non-hydrogen) atoms. The van der Waals surface area contributed by atoms with Crippen LogP contribution in [-0.2, 0) is 0 Å². The van der Waals surface area contributed by atoms with Crippen LogP contribution in [0.5, 0.6) is 0 Å².